The van der Waals surface area contributed by atoms with Gasteiger partial charge in [0.25, 0.3) is 5.91 Å². The number of amides is 1. The molecule has 1 N–H and O–H groups in total. The van der Waals surface area contributed by atoms with Crippen LogP contribution in [-0.2, 0) is 6.54 Å². The van der Waals surface area contributed by atoms with Crippen LogP contribution >= 0.6 is 0 Å². The molecule has 3 aromatic rings. The Kier molecular flexibility index (Phi) is 4.82. The Morgan fingerprint density at radius 3 is 1.71 bits per heavy atom. The van der Waals surface area contributed by atoms with Gasteiger partial charge in [0.2, 0.25) is 0 Å². The van der Waals surface area contributed by atoms with Crippen molar-refractivity contribution < 1.29 is 9.59 Å². The minimum atomic E-state index is -0.111. The molecule has 0 aromatic heterocycles. The Morgan fingerprint density at radius 2 is 1.12 bits per heavy atom. The highest BCUT2D eigenvalue weighted by Crippen LogP contribution is 2.11. The molecule has 3 rings (SSSR count). The maximum absolute atomic E-state index is 12.3. The van der Waals surface area contributed by atoms with Crippen molar-refractivity contribution in [2.75, 3.05) is 0 Å². The molecule has 0 heterocycles. The number of ketones is 1. The SMILES string of the molecule is O=C(NCc1ccc(C(=O)c2ccccc2)cc1)c1ccccc1. The molecule has 0 atom stereocenters. The van der Waals surface area contributed by atoms with Crippen molar-refractivity contribution >= 4 is 11.7 Å². The van der Waals surface area contributed by atoms with Crippen LogP contribution in [0.1, 0.15) is 31.8 Å². The molecule has 0 unspecified atom stereocenters. The minimum Gasteiger partial charge on any atom is -0.348 e. The number of hydrogen-bond acceptors (Lipinski definition) is 2. The molecule has 0 saturated carbocycles. The predicted octanol–water partition coefficient (Wildman–Crippen LogP) is 3.85. The number of hydrogen-bond donors (Lipinski definition) is 1. The van der Waals surface area contributed by atoms with E-state index < -0.39 is 0 Å². The van der Waals surface area contributed by atoms with Crippen molar-refractivity contribution in [2.24, 2.45) is 0 Å². The van der Waals surface area contributed by atoms with Crippen molar-refractivity contribution in [1.82, 2.24) is 5.32 Å². The van der Waals surface area contributed by atoms with Crippen molar-refractivity contribution in [3.63, 3.8) is 0 Å². The van der Waals surface area contributed by atoms with Gasteiger partial charge in [0.15, 0.2) is 5.78 Å². The molecular weight excluding hydrogens is 298 g/mol. The first-order valence-corrected chi connectivity index (χ1v) is 7.76. The Balaban J connectivity index is 1.63. The molecule has 3 aromatic carbocycles. The number of carbonyl (C=O) groups excluding carboxylic acids is 2. The van der Waals surface area contributed by atoms with Gasteiger partial charge in [0, 0.05) is 23.2 Å². The molecule has 3 nitrogen and oxygen atoms in total. The molecule has 24 heavy (non-hydrogen) atoms. The van der Waals surface area contributed by atoms with Gasteiger partial charge in [-0.15, -0.1) is 0 Å². The monoisotopic (exact) mass is 315 g/mol. The van der Waals surface area contributed by atoms with Gasteiger partial charge in [-0.2, -0.15) is 0 Å². The zero-order valence-electron chi connectivity index (χ0n) is 13.1. The van der Waals surface area contributed by atoms with E-state index in [1.54, 1.807) is 36.4 Å². The highest BCUT2D eigenvalue weighted by atomic mass is 16.1. The summed E-state index contributed by atoms with van der Waals surface area (Å²) in [7, 11) is 0. The summed E-state index contributed by atoms with van der Waals surface area (Å²) in [6.07, 6.45) is 0. The first kappa shape index (κ1) is 15.7. The number of benzene rings is 3. The van der Waals surface area contributed by atoms with E-state index in [9.17, 15) is 9.59 Å². The lowest BCUT2D eigenvalue weighted by Crippen LogP contribution is -2.22. The number of nitrogens with one attached hydrogen (secondary N) is 1. The lowest BCUT2D eigenvalue weighted by atomic mass is 10.0. The topological polar surface area (TPSA) is 46.2 Å². The number of carbonyl (C=O) groups is 2. The second-order valence-corrected chi connectivity index (χ2v) is 5.44. The Hall–Kier alpha value is -3.20. The fraction of sp³-hybridized carbons (Fsp3) is 0.0476. The average molecular weight is 315 g/mol. The molecule has 0 aliphatic carbocycles. The highest BCUT2D eigenvalue weighted by Gasteiger charge is 2.08. The van der Waals surface area contributed by atoms with Gasteiger partial charge < -0.3 is 5.32 Å². The van der Waals surface area contributed by atoms with E-state index in [0.29, 0.717) is 23.2 Å². The Bertz CT molecular complexity index is 825. The molecule has 0 saturated heterocycles. The smallest absolute Gasteiger partial charge is 0.251 e. The average Bonchev–Trinajstić information content (AvgIpc) is 2.67. The van der Waals surface area contributed by atoms with Gasteiger partial charge in [-0.3, -0.25) is 9.59 Å². The Labute approximate surface area is 141 Å². The first-order chi connectivity index (χ1) is 11.7. The molecule has 118 valence electrons. The van der Waals surface area contributed by atoms with Gasteiger partial charge in [-0.05, 0) is 17.7 Å². The van der Waals surface area contributed by atoms with Crippen LogP contribution < -0.4 is 5.32 Å². The van der Waals surface area contributed by atoms with E-state index in [2.05, 4.69) is 5.32 Å². The van der Waals surface area contributed by atoms with Crippen molar-refractivity contribution in [1.29, 1.82) is 0 Å². The van der Waals surface area contributed by atoms with Gasteiger partial charge in [-0.25, -0.2) is 0 Å². The molecule has 3 heteroatoms. The van der Waals surface area contributed by atoms with Gasteiger partial charge in [0.05, 0.1) is 0 Å². The van der Waals surface area contributed by atoms with Crippen LogP contribution in [0.3, 0.4) is 0 Å². The second-order valence-electron chi connectivity index (χ2n) is 5.44. The second kappa shape index (κ2) is 7.38. The summed E-state index contributed by atoms with van der Waals surface area (Å²) >= 11 is 0. The zero-order chi connectivity index (χ0) is 16.8. The van der Waals surface area contributed by atoms with E-state index in [-0.39, 0.29) is 11.7 Å². The Morgan fingerprint density at radius 1 is 0.625 bits per heavy atom. The molecule has 0 radical (unpaired) electrons. The lowest BCUT2D eigenvalue weighted by Gasteiger charge is -2.06. The van der Waals surface area contributed by atoms with Crippen LogP contribution in [0.4, 0.5) is 0 Å². The van der Waals surface area contributed by atoms with Crippen LogP contribution in [0.15, 0.2) is 84.9 Å². The summed E-state index contributed by atoms with van der Waals surface area (Å²) in [5.41, 5.74) is 2.89. The van der Waals surface area contributed by atoms with Crippen molar-refractivity contribution in [3.8, 4) is 0 Å². The normalized spacial score (nSPS) is 10.2. The fourth-order valence-electron chi connectivity index (χ4n) is 2.40. The van der Waals surface area contributed by atoms with Crippen LogP contribution in [0.2, 0.25) is 0 Å². The molecule has 0 aliphatic rings. The van der Waals surface area contributed by atoms with E-state index >= 15 is 0 Å². The van der Waals surface area contributed by atoms with Crippen LogP contribution in [0.25, 0.3) is 0 Å². The van der Waals surface area contributed by atoms with Gasteiger partial charge in [-0.1, -0.05) is 72.8 Å². The maximum Gasteiger partial charge on any atom is 0.251 e. The third-order valence-electron chi connectivity index (χ3n) is 3.74. The van der Waals surface area contributed by atoms with Gasteiger partial charge in [0.1, 0.15) is 0 Å². The first-order valence-electron chi connectivity index (χ1n) is 7.76. The van der Waals surface area contributed by atoms with Crippen molar-refractivity contribution in [2.45, 2.75) is 6.54 Å². The summed E-state index contributed by atoms with van der Waals surface area (Å²) in [6, 6.07) is 25.6. The molecule has 0 bridgehead atoms. The molecule has 0 spiro atoms. The largest absolute Gasteiger partial charge is 0.348 e. The van der Waals surface area contributed by atoms with Gasteiger partial charge >= 0.3 is 0 Å². The molecule has 1 amide bonds. The van der Waals surface area contributed by atoms with Crippen LogP contribution in [0.5, 0.6) is 0 Å². The fourth-order valence-corrected chi connectivity index (χ4v) is 2.40. The third-order valence-corrected chi connectivity index (χ3v) is 3.74. The molecular formula is C21H17NO2. The van der Waals surface area contributed by atoms with E-state index in [0.717, 1.165) is 5.56 Å². The van der Waals surface area contributed by atoms with Crippen molar-refractivity contribution in [3.05, 3.63) is 107 Å². The lowest BCUT2D eigenvalue weighted by molar-refractivity contribution is 0.0950. The quantitative estimate of drug-likeness (QED) is 0.727. The predicted molar refractivity (Wildman–Crippen MR) is 93.9 cm³/mol. The minimum absolute atomic E-state index is 0.00419. The summed E-state index contributed by atoms with van der Waals surface area (Å²) in [5.74, 6) is -0.115. The standard InChI is InChI=1S/C21H17NO2/c23-20(17-7-3-1-4-8-17)18-13-11-16(12-14-18)15-22-21(24)19-9-5-2-6-10-19/h1-14H,15H2,(H,22,24). The van der Waals surface area contributed by atoms with E-state index in [1.165, 1.54) is 0 Å². The summed E-state index contributed by atoms with van der Waals surface area (Å²) in [6.45, 7) is 0.424. The highest BCUT2D eigenvalue weighted by molar-refractivity contribution is 6.08. The maximum atomic E-state index is 12.3. The van der Waals surface area contributed by atoms with Crippen LogP contribution in [-0.4, -0.2) is 11.7 Å². The third kappa shape index (κ3) is 3.76. The zero-order valence-corrected chi connectivity index (χ0v) is 13.1. The number of rotatable bonds is 5. The van der Waals surface area contributed by atoms with Crippen LogP contribution in [0, 0.1) is 0 Å². The molecule has 0 fully saturated rings. The summed E-state index contributed by atoms with van der Waals surface area (Å²) in [4.78, 5) is 24.4. The van der Waals surface area contributed by atoms with E-state index in [4.69, 9.17) is 0 Å². The summed E-state index contributed by atoms with van der Waals surface area (Å²) < 4.78 is 0. The molecule has 0 aliphatic heterocycles. The summed E-state index contributed by atoms with van der Waals surface area (Å²) in [5, 5.41) is 2.87. The van der Waals surface area contributed by atoms with E-state index in [1.807, 2.05) is 48.5 Å².